The van der Waals surface area contributed by atoms with Crippen molar-refractivity contribution < 1.29 is 9.90 Å². The number of hydrogen-bond acceptors (Lipinski definition) is 3. The number of fused-ring (bicyclic) bond motifs is 1. The summed E-state index contributed by atoms with van der Waals surface area (Å²) < 4.78 is 1.78. The van der Waals surface area contributed by atoms with Gasteiger partial charge in [-0.25, -0.2) is 0 Å². The topological polar surface area (TPSA) is 55.1 Å². The Labute approximate surface area is 140 Å². The van der Waals surface area contributed by atoms with Gasteiger partial charge < -0.3 is 5.11 Å². The zero-order valence-corrected chi connectivity index (χ0v) is 14.2. The van der Waals surface area contributed by atoms with Crippen LogP contribution in [0.5, 0.6) is 5.75 Å². The van der Waals surface area contributed by atoms with E-state index in [2.05, 4.69) is 18.9 Å². The Hall–Kier alpha value is -2.07. The highest BCUT2D eigenvalue weighted by atomic mass is 35.5. The fourth-order valence-electron chi connectivity index (χ4n) is 2.91. The average molecular weight is 331 g/mol. The van der Waals surface area contributed by atoms with E-state index >= 15 is 0 Å². The Kier molecular flexibility index (Phi) is 4.02. The molecule has 3 rings (SSSR count). The third-order valence-corrected chi connectivity index (χ3v) is 4.42. The zero-order chi connectivity index (χ0) is 16.7. The SMILES string of the molecule is Cc1nn(CC(C)C)c(Cl)c1/C=C1/Cc2c(O)cccc2C1=O. The smallest absolute Gasteiger partial charge is 0.189 e. The summed E-state index contributed by atoms with van der Waals surface area (Å²) in [6, 6.07) is 5.04. The van der Waals surface area contributed by atoms with Crippen molar-refractivity contribution in [3.8, 4) is 5.75 Å². The lowest BCUT2D eigenvalue weighted by atomic mass is 10.1. The maximum atomic E-state index is 12.5. The van der Waals surface area contributed by atoms with Crippen LogP contribution in [0.4, 0.5) is 0 Å². The molecule has 1 aliphatic carbocycles. The fourth-order valence-corrected chi connectivity index (χ4v) is 3.20. The highest BCUT2D eigenvalue weighted by Gasteiger charge is 2.27. The minimum Gasteiger partial charge on any atom is -0.508 e. The molecule has 1 aromatic heterocycles. The molecule has 0 bridgehead atoms. The number of benzene rings is 1. The second-order valence-electron chi connectivity index (χ2n) is 6.34. The van der Waals surface area contributed by atoms with Gasteiger partial charge in [0.1, 0.15) is 10.9 Å². The first-order valence-corrected chi connectivity index (χ1v) is 8.05. The maximum absolute atomic E-state index is 12.5. The molecule has 2 aromatic rings. The molecular formula is C18H19ClN2O2. The van der Waals surface area contributed by atoms with E-state index in [0.717, 1.165) is 17.8 Å². The van der Waals surface area contributed by atoms with Crippen LogP contribution in [0.2, 0.25) is 5.15 Å². The zero-order valence-electron chi connectivity index (χ0n) is 13.4. The second kappa shape index (κ2) is 5.85. The monoisotopic (exact) mass is 330 g/mol. The molecule has 23 heavy (non-hydrogen) atoms. The summed E-state index contributed by atoms with van der Waals surface area (Å²) in [5.41, 5.74) is 3.47. The Morgan fingerprint density at radius 1 is 1.43 bits per heavy atom. The fraction of sp³-hybridized carbons (Fsp3) is 0.333. The molecule has 0 unspecified atom stereocenters. The molecular weight excluding hydrogens is 312 g/mol. The quantitative estimate of drug-likeness (QED) is 0.864. The molecule has 120 valence electrons. The molecule has 0 radical (unpaired) electrons. The van der Waals surface area contributed by atoms with Crippen molar-refractivity contribution in [1.82, 2.24) is 9.78 Å². The number of aromatic hydroxyl groups is 1. The summed E-state index contributed by atoms with van der Waals surface area (Å²) in [6.45, 7) is 6.83. The van der Waals surface area contributed by atoms with Crippen molar-refractivity contribution in [2.75, 3.05) is 0 Å². The number of halogens is 1. The number of rotatable bonds is 3. The molecule has 1 aromatic carbocycles. The molecule has 0 saturated heterocycles. The molecule has 0 aliphatic heterocycles. The van der Waals surface area contributed by atoms with E-state index in [1.165, 1.54) is 0 Å². The van der Waals surface area contributed by atoms with Gasteiger partial charge in [0, 0.05) is 35.2 Å². The van der Waals surface area contributed by atoms with E-state index in [4.69, 9.17) is 11.6 Å². The normalized spacial score (nSPS) is 15.7. The van der Waals surface area contributed by atoms with Crippen molar-refractivity contribution in [1.29, 1.82) is 0 Å². The number of Topliss-reactive ketones (excluding diaryl/α,β-unsaturated/α-hetero) is 1. The lowest BCUT2D eigenvalue weighted by molar-refractivity contribution is 0.104. The van der Waals surface area contributed by atoms with E-state index in [0.29, 0.717) is 34.2 Å². The van der Waals surface area contributed by atoms with Gasteiger partial charge in [-0.3, -0.25) is 9.48 Å². The van der Waals surface area contributed by atoms with E-state index in [1.54, 1.807) is 22.9 Å². The number of aryl methyl sites for hydroxylation is 1. The highest BCUT2D eigenvalue weighted by molar-refractivity contribution is 6.31. The van der Waals surface area contributed by atoms with E-state index in [9.17, 15) is 9.90 Å². The number of aromatic nitrogens is 2. The van der Waals surface area contributed by atoms with Crippen molar-refractivity contribution in [3.63, 3.8) is 0 Å². The Morgan fingerprint density at radius 2 is 2.17 bits per heavy atom. The standard InChI is InChI=1S/C18H19ClN2O2/c1-10(2)9-21-18(19)14(11(3)20-21)7-12-8-15-13(17(12)23)5-4-6-16(15)22/h4-7,10,22H,8-9H2,1-3H3/b12-7-. The summed E-state index contributed by atoms with van der Waals surface area (Å²) in [7, 11) is 0. The Morgan fingerprint density at radius 3 is 2.83 bits per heavy atom. The predicted octanol–water partition coefficient (Wildman–Crippen LogP) is 4.03. The first-order valence-electron chi connectivity index (χ1n) is 7.67. The number of hydrogen-bond donors (Lipinski definition) is 1. The highest BCUT2D eigenvalue weighted by Crippen LogP contribution is 2.34. The minimum absolute atomic E-state index is 0.0528. The molecule has 0 saturated carbocycles. The van der Waals surface area contributed by atoms with Crippen LogP contribution < -0.4 is 0 Å². The Bertz CT molecular complexity index is 819. The summed E-state index contributed by atoms with van der Waals surface area (Å²) >= 11 is 6.44. The molecule has 1 aliphatic rings. The number of carbonyl (C=O) groups is 1. The molecule has 5 heteroatoms. The third-order valence-electron chi connectivity index (χ3n) is 4.02. The second-order valence-corrected chi connectivity index (χ2v) is 6.70. The number of phenols is 1. The maximum Gasteiger partial charge on any atom is 0.189 e. The van der Waals surface area contributed by atoms with Crippen LogP contribution in [0.25, 0.3) is 6.08 Å². The Balaban J connectivity index is 2.00. The van der Waals surface area contributed by atoms with Crippen molar-refractivity contribution >= 4 is 23.5 Å². The molecule has 4 nitrogen and oxygen atoms in total. The molecule has 0 amide bonds. The number of nitrogens with zero attached hydrogens (tertiary/aromatic N) is 2. The third kappa shape index (κ3) is 2.79. The predicted molar refractivity (Wildman–Crippen MR) is 90.9 cm³/mol. The van der Waals surface area contributed by atoms with Crippen LogP contribution in [-0.4, -0.2) is 20.7 Å². The number of carbonyl (C=O) groups excluding carboxylic acids is 1. The summed E-state index contributed by atoms with van der Waals surface area (Å²) in [4.78, 5) is 12.5. The van der Waals surface area contributed by atoms with E-state index < -0.39 is 0 Å². The van der Waals surface area contributed by atoms with Gasteiger partial charge in [0.15, 0.2) is 5.78 Å². The average Bonchev–Trinajstić information content (AvgIpc) is 2.93. The van der Waals surface area contributed by atoms with Crippen LogP contribution in [-0.2, 0) is 13.0 Å². The van der Waals surface area contributed by atoms with Crippen molar-refractivity contribution in [2.45, 2.75) is 33.7 Å². The van der Waals surface area contributed by atoms with Gasteiger partial charge in [0.2, 0.25) is 0 Å². The van der Waals surface area contributed by atoms with Crippen LogP contribution in [0, 0.1) is 12.8 Å². The lowest BCUT2D eigenvalue weighted by Crippen LogP contribution is -2.06. The minimum atomic E-state index is -0.0528. The molecule has 0 atom stereocenters. The number of allylic oxidation sites excluding steroid dienone is 1. The first kappa shape index (κ1) is 15.8. The lowest BCUT2D eigenvalue weighted by Gasteiger charge is -2.05. The summed E-state index contributed by atoms with van der Waals surface area (Å²) in [6.07, 6.45) is 2.23. The van der Waals surface area contributed by atoms with Gasteiger partial charge >= 0.3 is 0 Å². The first-order chi connectivity index (χ1) is 10.9. The van der Waals surface area contributed by atoms with Gasteiger partial charge in [-0.1, -0.05) is 37.6 Å². The molecule has 1 N–H and O–H groups in total. The van der Waals surface area contributed by atoms with E-state index in [-0.39, 0.29) is 11.5 Å². The molecule has 1 heterocycles. The van der Waals surface area contributed by atoms with Gasteiger partial charge in [-0.2, -0.15) is 5.10 Å². The number of phenolic OH excluding ortho intramolecular Hbond substituents is 1. The van der Waals surface area contributed by atoms with Crippen LogP contribution in [0.3, 0.4) is 0 Å². The van der Waals surface area contributed by atoms with Crippen LogP contribution in [0.1, 0.15) is 41.0 Å². The summed E-state index contributed by atoms with van der Waals surface area (Å²) in [5, 5.41) is 14.9. The largest absolute Gasteiger partial charge is 0.508 e. The molecule has 0 fully saturated rings. The van der Waals surface area contributed by atoms with Gasteiger partial charge in [0.05, 0.1) is 5.69 Å². The van der Waals surface area contributed by atoms with Crippen molar-refractivity contribution in [3.05, 3.63) is 51.3 Å². The van der Waals surface area contributed by atoms with Gasteiger partial charge in [-0.15, -0.1) is 0 Å². The van der Waals surface area contributed by atoms with Gasteiger partial charge in [0.25, 0.3) is 0 Å². The van der Waals surface area contributed by atoms with Gasteiger partial charge in [-0.05, 0) is 25.0 Å². The van der Waals surface area contributed by atoms with Crippen LogP contribution >= 0.6 is 11.6 Å². The number of ketones is 1. The molecule has 0 spiro atoms. The van der Waals surface area contributed by atoms with E-state index in [1.807, 2.05) is 13.0 Å². The summed E-state index contributed by atoms with van der Waals surface area (Å²) in [5.74, 6) is 0.544. The van der Waals surface area contributed by atoms with Crippen LogP contribution in [0.15, 0.2) is 23.8 Å². The van der Waals surface area contributed by atoms with Crippen molar-refractivity contribution in [2.24, 2.45) is 5.92 Å².